The van der Waals surface area contributed by atoms with Crippen molar-refractivity contribution in [3.8, 4) is 5.75 Å². The van der Waals surface area contributed by atoms with Crippen LogP contribution in [0.1, 0.15) is 46.2 Å². The average molecular weight is 367 g/mol. The van der Waals surface area contributed by atoms with Gasteiger partial charge in [0.25, 0.3) is 11.8 Å². The molecule has 1 aliphatic heterocycles. The largest absolute Gasteiger partial charge is 0.497 e. The van der Waals surface area contributed by atoms with Crippen LogP contribution >= 0.6 is 0 Å². The van der Waals surface area contributed by atoms with Gasteiger partial charge in [0.2, 0.25) is 0 Å². The molecular formula is C21H25N3O3. The monoisotopic (exact) mass is 367 g/mol. The highest BCUT2D eigenvalue weighted by Crippen LogP contribution is 2.18. The number of methoxy groups -OCH3 is 1. The summed E-state index contributed by atoms with van der Waals surface area (Å²) in [5.74, 6) is 1.09. The summed E-state index contributed by atoms with van der Waals surface area (Å²) in [7, 11) is 1.61. The predicted octanol–water partition coefficient (Wildman–Crippen LogP) is 2.89. The van der Waals surface area contributed by atoms with Crippen LogP contribution in [0.25, 0.3) is 0 Å². The van der Waals surface area contributed by atoms with E-state index in [2.05, 4.69) is 17.2 Å². The van der Waals surface area contributed by atoms with Gasteiger partial charge in [-0.3, -0.25) is 14.6 Å². The van der Waals surface area contributed by atoms with Gasteiger partial charge in [-0.1, -0.05) is 19.1 Å². The van der Waals surface area contributed by atoms with Crippen LogP contribution < -0.4 is 10.1 Å². The second-order valence-electron chi connectivity index (χ2n) is 6.94. The minimum Gasteiger partial charge on any atom is -0.497 e. The Hall–Kier alpha value is -2.89. The van der Waals surface area contributed by atoms with E-state index in [0.29, 0.717) is 18.0 Å². The summed E-state index contributed by atoms with van der Waals surface area (Å²) in [5.41, 5.74) is 1.72. The Kier molecular flexibility index (Phi) is 6.06. The zero-order chi connectivity index (χ0) is 19.2. The fourth-order valence-electron chi connectivity index (χ4n) is 3.10. The number of piperidine rings is 1. The molecule has 0 spiro atoms. The number of aromatic nitrogens is 1. The van der Waals surface area contributed by atoms with Gasteiger partial charge in [0.1, 0.15) is 11.4 Å². The van der Waals surface area contributed by atoms with Gasteiger partial charge in [-0.05, 0) is 48.6 Å². The topological polar surface area (TPSA) is 71.5 Å². The molecule has 1 aromatic carbocycles. The van der Waals surface area contributed by atoms with Crippen LogP contribution in [0.15, 0.2) is 42.6 Å². The Morgan fingerprint density at radius 2 is 1.89 bits per heavy atom. The van der Waals surface area contributed by atoms with E-state index in [1.807, 2.05) is 29.2 Å². The SMILES string of the molecule is COc1ccc(CNC(=O)c2cc(C(=O)N3CCC(C)CC3)ccn2)cc1. The van der Waals surface area contributed by atoms with E-state index >= 15 is 0 Å². The van der Waals surface area contributed by atoms with Crippen molar-refractivity contribution < 1.29 is 14.3 Å². The molecule has 27 heavy (non-hydrogen) atoms. The van der Waals surface area contributed by atoms with Crippen molar-refractivity contribution in [2.24, 2.45) is 5.92 Å². The predicted molar refractivity (Wildman–Crippen MR) is 103 cm³/mol. The van der Waals surface area contributed by atoms with Gasteiger partial charge in [0, 0.05) is 31.4 Å². The maximum absolute atomic E-state index is 12.7. The number of pyridine rings is 1. The van der Waals surface area contributed by atoms with Crippen molar-refractivity contribution in [2.75, 3.05) is 20.2 Å². The molecule has 6 heteroatoms. The van der Waals surface area contributed by atoms with Gasteiger partial charge in [-0.2, -0.15) is 0 Å². The Bertz CT molecular complexity index is 797. The minimum atomic E-state index is -0.298. The van der Waals surface area contributed by atoms with Crippen molar-refractivity contribution in [1.29, 1.82) is 0 Å². The zero-order valence-corrected chi connectivity index (χ0v) is 15.8. The smallest absolute Gasteiger partial charge is 0.270 e. The summed E-state index contributed by atoms with van der Waals surface area (Å²) >= 11 is 0. The lowest BCUT2D eigenvalue weighted by Gasteiger charge is -2.30. The number of likely N-dealkylation sites (tertiary alicyclic amines) is 1. The molecule has 1 saturated heterocycles. The van der Waals surface area contributed by atoms with Crippen molar-refractivity contribution in [1.82, 2.24) is 15.2 Å². The van der Waals surface area contributed by atoms with Crippen molar-refractivity contribution in [3.63, 3.8) is 0 Å². The fraction of sp³-hybridized carbons (Fsp3) is 0.381. The molecule has 2 aromatic rings. The Morgan fingerprint density at radius 3 is 2.56 bits per heavy atom. The van der Waals surface area contributed by atoms with E-state index in [-0.39, 0.29) is 17.5 Å². The van der Waals surface area contributed by atoms with Gasteiger partial charge >= 0.3 is 0 Å². The number of ether oxygens (including phenoxy) is 1. The molecule has 2 amide bonds. The zero-order valence-electron chi connectivity index (χ0n) is 15.8. The lowest BCUT2D eigenvalue weighted by atomic mass is 9.98. The van der Waals surface area contributed by atoms with E-state index in [4.69, 9.17) is 4.74 Å². The standard InChI is InChI=1S/C21H25N3O3/c1-15-8-11-24(12-9-15)21(26)17-7-10-22-19(13-17)20(25)23-14-16-3-5-18(27-2)6-4-16/h3-7,10,13,15H,8-9,11-12,14H2,1-2H3,(H,23,25). The van der Waals surface area contributed by atoms with Gasteiger partial charge in [-0.15, -0.1) is 0 Å². The molecule has 6 nitrogen and oxygen atoms in total. The number of nitrogens with one attached hydrogen (secondary N) is 1. The van der Waals surface area contributed by atoms with Crippen LogP contribution in [0.2, 0.25) is 0 Å². The molecule has 1 N–H and O–H groups in total. The van der Waals surface area contributed by atoms with Gasteiger partial charge in [0.05, 0.1) is 7.11 Å². The molecule has 3 rings (SSSR count). The van der Waals surface area contributed by atoms with Crippen molar-refractivity contribution in [2.45, 2.75) is 26.3 Å². The Morgan fingerprint density at radius 1 is 1.19 bits per heavy atom. The first-order chi connectivity index (χ1) is 13.1. The summed E-state index contributed by atoms with van der Waals surface area (Å²) in [6.07, 6.45) is 3.56. The summed E-state index contributed by atoms with van der Waals surface area (Å²) < 4.78 is 5.12. The van der Waals surface area contributed by atoms with Gasteiger partial charge < -0.3 is 15.0 Å². The summed E-state index contributed by atoms with van der Waals surface area (Å²) in [6.45, 7) is 4.12. The minimum absolute atomic E-state index is 0.0338. The van der Waals surface area contributed by atoms with Crippen molar-refractivity contribution in [3.05, 3.63) is 59.4 Å². The second-order valence-corrected chi connectivity index (χ2v) is 6.94. The fourth-order valence-corrected chi connectivity index (χ4v) is 3.10. The van der Waals surface area contributed by atoms with Gasteiger partial charge in [0.15, 0.2) is 0 Å². The number of amides is 2. The third-order valence-corrected chi connectivity index (χ3v) is 4.92. The maximum Gasteiger partial charge on any atom is 0.270 e. The van der Waals surface area contributed by atoms with Crippen LogP contribution in [0.5, 0.6) is 5.75 Å². The molecule has 1 fully saturated rings. The number of carbonyl (C=O) groups is 2. The third-order valence-electron chi connectivity index (χ3n) is 4.92. The first-order valence-electron chi connectivity index (χ1n) is 9.23. The van der Waals surface area contributed by atoms with Crippen LogP contribution in [-0.2, 0) is 6.54 Å². The molecule has 0 atom stereocenters. The average Bonchev–Trinajstić information content (AvgIpc) is 2.72. The highest BCUT2D eigenvalue weighted by molar-refractivity contribution is 5.98. The molecule has 1 aliphatic rings. The quantitative estimate of drug-likeness (QED) is 0.882. The number of carbonyl (C=O) groups excluding carboxylic acids is 2. The van der Waals surface area contributed by atoms with Crippen LogP contribution in [0, 0.1) is 5.92 Å². The van der Waals surface area contributed by atoms with Crippen LogP contribution in [0.3, 0.4) is 0 Å². The third kappa shape index (κ3) is 4.84. The highest BCUT2D eigenvalue weighted by atomic mass is 16.5. The summed E-state index contributed by atoms with van der Waals surface area (Å²) in [5, 5.41) is 2.84. The molecule has 1 aromatic heterocycles. The molecule has 142 valence electrons. The molecule has 0 radical (unpaired) electrons. The maximum atomic E-state index is 12.7. The molecular weight excluding hydrogens is 342 g/mol. The van der Waals surface area contributed by atoms with E-state index in [9.17, 15) is 9.59 Å². The van der Waals surface area contributed by atoms with Crippen molar-refractivity contribution >= 4 is 11.8 Å². The lowest BCUT2D eigenvalue weighted by Crippen LogP contribution is -2.38. The van der Waals surface area contributed by atoms with E-state index in [1.54, 1.807) is 19.2 Å². The number of benzene rings is 1. The molecule has 0 saturated carbocycles. The molecule has 2 heterocycles. The lowest BCUT2D eigenvalue weighted by molar-refractivity contribution is 0.0697. The van der Waals surface area contributed by atoms with Crippen LogP contribution in [0.4, 0.5) is 0 Å². The molecule has 0 unspecified atom stereocenters. The number of nitrogens with zero attached hydrogens (tertiary/aromatic N) is 2. The number of hydrogen-bond acceptors (Lipinski definition) is 4. The first-order valence-corrected chi connectivity index (χ1v) is 9.23. The highest BCUT2D eigenvalue weighted by Gasteiger charge is 2.22. The Balaban J connectivity index is 1.61. The Labute approximate surface area is 159 Å². The number of rotatable bonds is 5. The number of hydrogen-bond donors (Lipinski definition) is 1. The molecule has 0 bridgehead atoms. The van der Waals surface area contributed by atoms with E-state index in [1.165, 1.54) is 6.20 Å². The second kappa shape index (κ2) is 8.66. The van der Waals surface area contributed by atoms with E-state index < -0.39 is 0 Å². The summed E-state index contributed by atoms with van der Waals surface area (Å²) in [6, 6.07) is 10.7. The van der Waals surface area contributed by atoms with E-state index in [0.717, 1.165) is 37.2 Å². The molecule has 0 aliphatic carbocycles. The van der Waals surface area contributed by atoms with Gasteiger partial charge in [-0.25, -0.2) is 0 Å². The summed E-state index contributed by atoms with van der Waals surface area (Å²) in [4.78, 5) is 31.1. The van der Waals surface area contributed by atoms with Crippen LogP contribution in [-0.4, -0.2) is 41.9 Å². The normalized spacial score (nSPS) is 14.7. The first kappa shape index (κ1) is 18.9.